The Labute approximate surface area is 143 Å². The van der Waals surface area contributed by atoms with E-state index in [0.717, 1.165) is 12.1 Å². The summed E-state index contributed by atoms with van der Waals surface area (Å²) in [5, 5.41) is 6.21. The monoisotopic (exact) mass is 352 g/mol. The molecule has 0 aliphatic heterocycles. The summed E-state index contributed by atoms with van der Waals surface area (Å²) >= 11 is 1.42. The van der Waals surface area contributed by atoms with Crippen LogP contribution in [0.2, 0.25) is 0 Å². The highest BCUT2D eigenvalue weighted by molar-refractivity contribution is 7.08. The van der Waals surface area contributed by atoms with E-state index in [4.69, 9.17) is 0 Å². The molecular weight excluding hydrogens is 334 g/mol. The van der Waals surface area contributed by atoms with Gasteiger partial charge >= 0.3 is 0 Å². The minimum absolute atomic E-state index is 0.125. The third-order valence-corrected chi connectivity index (χ3v) is 4.49. The molecule has 24 heavy (non-hydrogen) atoms. The number of thiophene rings is 1. The van der Waals surface area contributed by atoms with Crippen LogP contribution in [0.3, 0.4) is 0 Å². The van der Waals surface area contributed by atoms with Gasteiger partial charge in [0.1, 0.15) is 0 Å². The SMILES string of the molecule is CC(c1ccc(F)c(F)c1)N(C)C(=O)CCNC(=O)c1ccsc1. The van der Waals surface area contributed by atoms with Crippen LogP contribution in [0.25, 0.3) is 0 Å². The Morgan fingerprint density at radius 1 is 1.25 bits per heavy atom. The molecule has 7 heteroatoms. The number of nitrogens with zero attached hydrogens (tertiary/aromatic N) is 1. The predicted octanol–water partition coefficient (Wildman–Crippen LogP) is 3.37. The Balaban J connectivity index is 1.87. The van der Waals surface area contributed by atoms with E-state index in [1.165, 1.54) is 22.3 Å². The summed E-state index contributed by atoms with van der Waals surface area (Å²) < 4.78 is 26.3. The molecule has 1 heterocycles. The standard InChI is InChI=1S/C17H18F2N2O2S/c1-11(12-3-4-14(18)15(19)9-12)21(2)16(22)5-7-20-17(23)13-6-8-24-10-13/h3-4,6,8-11H,5,7H2,1-2H3,(H,20,23). The molecule has 1 N–H and O–H groups in total. The number of carbonyl (C=O) groups excluding carboxylic acids is 2. The Bertz CT molecular complexity index is 719. The Kier molecular flexibility index (Phi) is 6.03. The van der Waals surface area contributed by atoms with E-state index in [2.05, 4.69) is 5.32 Å². The lowest BCUT2D eigenvalue weighted by Gasteiger charge is -2.25. The van der Waals surface area contributed by atoms with Gasteiger partial charge in [0.25, 0.3) is 5.91 Å². The highest BCUT2D eigenvalue weighted by Crippen LogP contribution is 2.21. The zero-order chi connectivity index (χ0) is 17.7. The summed E-state index contributed by atoms with van der Waals surface area (Å²) in [6.07, 6.45) is 0.125. The van der Waals surface area contributed by atoms with E-state index in [0.29, 0.717) is 11.1 Å². The molecule has 0 aliphatic carbocycles. The van der Waals surface area contributed by atoms with Gasteiger partial charge in [0.05, 0.1) is 6.04 Å². The van der Waals surface area contributed by atoms with Gasteiger partial charge in [0.15, 0.2) is 11.6 Å². The van der Waals surface area contributed by atoms with Crippen molar-refractivity contribution in [2.24, 2.45) is 0 Å². The lowest BCUT2D eigenvalue weighted by Crippen LogP contribution is -2.33. The maximum atomic E-state index is 13.3. The van der Waals surface area contributed by atoms with Crippen LogP contribution in [0.5, 0.6) is 0 Å². The molecule has 1 aromatic heterocycles. The molecule has 128 valence electrons. The van der Waals surface area contributed by atoms with Gasteiger partial charge in [-0.05, 0) is 36.1 Å². The first-order chi connectivity index (χ1) is 11.4. The number of amides is 2. The second-order valence-electron chi connectivity index (χ2n) is 5.37. The Hall–Kier alpha value is -2.28. The van der Waals surface area contributed by atoms with Crippen molar-refractivity contribution < 1.29 is 18.4 Å². The van der Waals surface area contributed by atoms with Gasteiger partial charge in [-0.2, -0.15) is 11.3 Å². The largest absolute Gasteiger partial charge is 0.351 e. The summed E-state index contributed by atoms with van der Waals surface area (Å²) in [4.78, 5) is 25.4. The van der Waals surface area contributed by atoms with E-state index in [9.17, 15) is 18.4 Å². The number of hydrogen-bond donors (Lipinski definition) is 1. The third-order valence-electron chi connectivity index (χ3n) is 3.81. The average Bonchev–Trinajstić information content (AvgIpc) is 3.10. The Morgan fingerprint density at radius 3 is 2.62 bits per heavy atom. The smallest absolute Gasteiger partial charge is 0.252 e. The molecule has 0 spiro atoms. The minimum Gasteiger partial charge on any atom is -0.351 e. The summed E-state index contributed by atoms with van der Waals surface area (Å²) in [6.45, 7) is 1.94. The second kappa shape index (κ2) is 8.01. The zero-order valence-electron chi connectivity index (χ0n) is 13.4. The molecule has 2 rings (SSSR count). The summed E-state index contributed by atoms with van der Waals surface area (Å²) in [6, 6.07) is 4.88. The topological polar surface area (TPSA) is 49.4 Å². The highest BCUT2D eigenvalue weighted by Gasteiger charge is 2.18. The van der Waals surface area contributed by atoms with Crippen LogP contribution < -0.4 is 5.32 Å². The molecule has 0 radical (unpaired) electrons. The van der Waals surface area contributed by atoms with Crippen LogP contribution in [-0.2, 0) is 4.79 Å². The Morgan fingerprint density at radius 2 is 2.00 bits per heavy atom. The minimum atomic E-state index is -0.941. The van der Waals surface area contributed by atoms with E-state index >= 15 is 0 Å². The quantitative estimate of drug-likeness (QED) is 0.867. The molecule has 0 saturated carbocycles. The van der Waals surface area contributed by atoms with Crippen molar-refractivity contribution in [3.05, 3.63) is 57.8 Å². The number of benzene rings is 1. The van der Waals surface area contributed by atoms with Crippen molar-refractivity contribution >= 4 is 23.2 Å². The van der Waals surface area contributed by atoms with Crippen molar-refractivity contribution in [1.29, 1.82) is 0 Å². The molecule has 2 amide bonds. The zero-order valence-corrected chi connectivity index (χ0v) is 14.2. The van der Waals surface area contributed by atoms with E-state index in [1.54, 1.807) is 30.8 Å². The first-order valence-corrected chi connectivity index (χ1v) is 8.35. The first kappa shape index (κ1) is 18.1. The van der Waals surface area contributed by atoms with E-state index in [1.807, 2.05) is 0 Å². The van der Waals surface area contributed by atoms with Crippen molar-refractivity contribution in [3.63, 3.8) is 0 Å². The maximum absolute atomic E-state index is 13.3. The van der Waals surface area contributed by atoms with Gasteiger partial charge in [-0.3, -0.25) is 9.59 Å². The molecule has 0 bridgehead atoms. The summed E-state index contributed by atoms with van der Waals surface area (Å²) in [5.41, 5.74) is 1.07. The number of carbonyl (C=O) groups is 2. The number of nitrogens with one attached hydrogen (secondary N) is 1. The maximum Gasteiger partial charge on any atom is 0.252 e. The van der Waals surface area contributed by atoms with Crippen LogP contribution in [0.1, 0.15) is 35.3 Å². The normalized spacial score (nSPS) is 11.8. The molecule has 0 fully saturated rings. The van der Waals surface area contributed by atoms with E-state index in [-0.39, 0.29) is 24.8 Å². The average molecular weight is 352 g/mol. The molecule has 1 unspecified atom stereocenters. The molecule has 1 aromatic carbocycles. The van der Waals surface area contributed by atoms with E-state index < -0.39 is 17.7 Å². The fourth-order valence-corrected chi connectivity index (χ4v) is 2.80. The molecule has 2 aromatic rings. The molecule has 0 saturated heterocycles. The fraction of sp³-hybridized carbons (Fsp3) is 0.294. The van der Waals surface area contributed by atoms with Gasteiger partial charge < -0.3 is 10.2 Å². The van der Waals surface area contributed by atoms with Gasteiger partial charge in [-0.15, -0.1) is 0 Å². The molecule has 4 nitrogen and oxygen atoms in total. The van der Waals surface area contributed by atoms with Crippen molar-refractivity contribution in [2.75, 3.05) is 13.6 Å². The highest BCUT2D eigenvalue weighted by atomic mass is 32.1. The third kappa shape index (κ3) is 4.38. The first-order valence-electron chi connectivity index (χ1n) is 7.41. The van der Waals surface area contributed by atoms with Crippen LogP contribution in [0.15, 0.2) is 35.0 Å². The number of rotatable bonds is 6. The van der Waals surface area contributed by atoms with Gasteiger partial charge in [-0.1, -0.05) is 6.07 Å². The number of hydrogen-bond acceptors (Lipinski definition) is 3. The van der Waals surface area contributed by atoms with Crippen LogP contribution in [0.4, 0.5) is 8.78 Å². The predicted molar refractivity (Wildman–Crippen MR) is 88.8 cm³/mol. The molecule has 1 atom stereocenters. The molecule has 0 aliphatic rings. The van der Waals surface area contributed by atoms with Crippen LogP contribution in [0, 0.1) is 11.6 Å². The summed E-state index contributed by atoms with van der Waals surface area (Å²) in [5.74, 6) is -2.28. The van der Waals surface area contributed by atoms with Gasteiger partial charge in [0, 0.05) is 31.0 Å². The van der Waals surface area contributed by atoms with Crippen molar-refractivity contribution in [3.8, 4) is 0 Å². The van der Waals surface area contributed by atoms with Crippen molar-refractivity contribution in [2.45, 2.75) is 19.4 Å². The van der Waals surface area contributed by atoms with Gasteiger partial charge in [0.2, 0.25) is 5.91 Å². The molecular formula is C17H18F2N2O2S. The second-order valence-corrected chi connectivity index (χ2v) is 6.15. The number of halogens is 2. The van der Waals surface area contributed by atoms with Gasteiger partial charge in [-0.25, -0.2) is 8.78 Å². The van der Waals surface area contributed by atoms with Crippen molar-refractivity contribution in [1.82, 2.24) is 10.2 Å². The fourth-order valence-electron chi connectivity index (χ4n) is 2.17. The van der Waals surface area contributed by atoms with Crippen LogP contribution in [-0.4, -0.2) is 30.3 Å². The summed E-state index contributed by atoms with van der Waals surface area (Å²) in [7, 11) is 1.59. The lowest BCUT2D eigenvalue weighted by atomic mass is 10.1. The van der Waals surface area contributed by atoms with Crippen LogP contribution >= 0.6 is 11.3 Å². The lowest BCUT2D eigenvalue weighted by molar-refractivity contribution is -0.131.